The van der Waals surface area contributed by atoms with E-state index in [1.807, 2.05) is 108 Å². The Morgan fingerprint density at radius 2 is 1.05 bits per heavy atom. The van der Waals surface area contributed by atoms with Crippen molar-refractivity contribution in [2.45, 2.75) is 6.92 Å². The first-order valence-electron chi connectivity index (χ1n) is 11.9. The Balaban J connectivity index is 1.92. The van der Waals surface area contributed by atoms with Crippen LogP contribution in [0.4, 0.5) is 0 Å². The molecule has 0 radical (unpaired) electrons. The highest BCUT2D eigenvalue weighted by molar-refractivity contribution is 6.32. The Labute approximate surface area is 239 Å². The molecular formula is C32H19Cl4NO. The van der Waals surface area contributed by atoms with E-state index in [1.165, 1.54) is 0 Å². The van der Waals surface area contributed by atoms with Gasteiger partial charge in [-0.3, -0.25) is 9.20 Å². The highest BCUT2D eigenvalue weighted by atomic mass is 35.5. The largest absolute Gasteiger partial charge is 0.275 e. The zero-order valence-electron chi connectivity index (χ0n) is 20.1. The maximum atomic E-state index is 14.0. The lowest BCUT2D eigenvalue weighted by atomic mass is 9.90. The molecule has 186 valence electrons. The van der Waals surface area contributed by atoms with Crippen molar-refractivity contribution < 1.29 is 0 Å². The van der Waals surface area contributed by atoms with Gasteiger partial charge >= 0.3 is 0 Å². The van der Waals surface area contributed by atoms with Crippen LogP contribution in [0, 0.1) is 6.92 Å². The van der Waals surface area contributed by atoms with E-state index in [4.69, 9.17) is 46.4 Å². The number of rotatable bonds is 3. The summed E-state index contributed by atoms with van der Waals surface area (Å²) >= 11 is 25.3. The Bertz CT molecular complexity index is 1910. The quantitative estimate of drug-likeness (QED) is 0.193. The lowest BCUT2D eigenvalue weighted by Gasteiger charge is -2.22. The van der Waals surface area contributed by atoms with Gasteiger partial charge in [0.25, 0.3) is 5.56 Å². The topological polar surface area (TPSA) is 21.5 Å². The average Bonchev–Trinajstić information content (AvgIpc) is 2.91. The molecule has 6 aromatic rings. The molecule has 0 N–H and O–H groups in total. The lowest BCUT2D eigenvalue weighted by Crippen LogP contribution is -2.20. The van der Waals surface area contributed by atoms with Gasteiger partial charge in [-0.05, 0) is 83.6 Å². The normalized spacial score (nSPS) is 11.4. The first-order chi connectivity index (χ1) is 18.3. The third-order valence-corrected chi connectivity index (χ3v) is 7.74. The van der Waals surface area contributed by atoms with E-state index in [2.05, 4.69) is 0 Å². The van der Waals surface area contributed by atoms with Crippen LogP contribution in [-0.4, -0.2) is 4.40 Å². The van der Waals surface area contributed by atoms with Crippen molar-refractivity contribution in [2.75, 3.05) is 0 Å². The van der Waals surface area contributed by atoms with Gasteiger partial charge < -0.3 is 0 Å². The smallest absolute Gasteiger partial charge is 0.258 e. The van der Waals surface area contributed by atoms with E-state index < -0.39 is 0 Å². The fourth-order valence-corrected chi connectivity index (χ4v) is 5.58. The number of hydrogen-bond donors (Lipinski definition) is 0. The monoisotopic (exact) mass is 573 g/mol. The molecule has 0 spiro atoms. The average molecular weight is 575 g/mol. The molecule has 4 aromatic carbocycles. The molecule has 2 heterocycles. The minimum Gasteiger partial charge on any atom is -0.275 e. The number of benzene rings is 4. The van der Waals surface area contributed by atoms with Crippen LogP contribution < -0.4 is 5.56 Å². The third kappa shape index (κ3) is 4.28. The summed E-state index contributed by atoms with van der Waals surface area (Å²) in [6, 6.07) is 30.5. The van der Waals surface area contributed by atoms with Crippen molar-refractivity contribution in [3.63, 3.8) is 0 Å². The summed E-state index contributed by atoms with van der Waals surface area (Å²) in [5.41, 5.74) is 6.57. The minimum atomic E-state index is -0.102. The van der Waals surface area contributed by atoms with Crippen molar-refractivity contribution in [3.8, 4) is 33.5 Å². The number of aromatic nitrogens is 1. The van der Waals surface area contributed by atoms with Crippen LogP contribution in [0.3, 0.4) is 0 Å². The zero-order chi connectivity index (χ0) is 26.6. The van der Waals surface area contributed by atoms with Crippen LogP contribution in [0.1, 0.15) is 5.56 Å². The van der Waals surface area contributed by atoms with E-state index in [9.17, 15) is 4.79 Å². The summed E-state index contributed by atoms with van der Waals surface area (Å²) in [6.45, 7) is 1.84. The van der Waals surface area contributed by atoms with Crippen molar-refractivity contribution >= 4 is 62.7 Å². The molecule has 0 amide bonds. The second-order valence-electron chi connectivity index (χ2n) is 9.16. The molecule has 6 rings (SSSR count). The Hall–Kier alpha value is -3.27. The molecule has 6 heteroatoms. The molecule has 0 aliphatic heterocycles. The van der Waals surface area contributed by atoms with Gasteiger partial charge in [-0.25, -0.2) is 0 Å². The summed E-state index contributed by atoms with van der Waals surface area (Å²) in [7, 11) is 0. The molecule has 0 saturated carbocycles. The third-order valence-electron chi connectivity index (χ3n) is 6.75. The summed E-state index contributed by atoms with van der Waals surface area (Å²) < 4.78 is 1.82. The second kappa shape index (κ2) is 9.80. The van der Waals surface area contributed by atoms with E-state index in [-0.39, 0.29) is 5.56 Å². The lowest BCUT2D eigenvalue weighted by molar-refractivity contribution is 1.08. The van der Waals surface area contributed by atoms with E-state index in [0.29, 0.717) is 25.7 Å². The fraction of sp³-hybridized carbons (Fsp3) is 0.0312. The van der Waals surface area contributed by atoms with Gasteiger partial charge in [0.1, 0.15) is 0 Å². The summed E-state index contributed by atoms with van der Waals surface area (Å²) in [6.07, 6.45) is 0. The van der Waals surface area contributed by atoms with Gasteiger partial charge in [-0.2, -0.15) is 0 Å². The van der Waals surface area contributed by atoms with Gasteiger partial charge in [0.2, 0.25) is 0 Å². The Morgan fingerprint density at radius 3 is 1.63 bits per heavy atom. The molecule has 0 fully saturated rings. The number of pyridine rings is 2. The van der Waals surface area contributed by atoms with Crippen LogP contribution in [0.25, 0.3) is 49.8 Å². The minimum absolute atomic E-state index is 0.102. The second-order valence-corrected chi connectivity index (χ2v) is 10.9. The number of hydrogen-bond acceptors (Lipinski definition) is 1. The highest BCUT2D eigenvalue weighted by Gasteiger charge is 2.22. The van der Waals surface area contributed by atoms with E-state index in [0.717, 1.165) is 49.8 Å². The molecular weight excluding hydrogens is 556 g/mol. The first-order valence-corrected chi connectivity index (χ1v) is 13.4. The van der Waals surface area contributed by atoms with Crippen molar-refractivity contribution in [3.05, 3.63) is 133 Å². The molecule has 0 saturated heterocycles. The van der Waals surface area contributed by atoms with Crippen LogP contribution in [0.2, 0.25) is 20.1 Å². The van der Waals surface area contributed by atoms with Gasteiger partial charge in [-0.15, -0.1) is 0 Å². The molecule has 0 aliphatic carbocycles. The highest BCUT2D eigenvalue weighted by Crippen LogP contribution is 2.43. The number of aryl methyl sites for hydroxylation is 1. The zero-order valence-corrected chi connectivity index (χ0v) is 23.1. The molecule has 0 bridgehead atoms. The molecule has 38 heavy (non-hydrogen) atoms. The number of halogens is 4. The Morgan fingerprint density at radius 1 is 0.553 bits per heavy atom. The standard InChI is InChI=1S/C32H19Cl4NO/c1-18-16-27(19-2-8-22(33)9-3-19)31-26-15-14-25(36)17-28(26)29(20-4-10-23(34)11-5-20)30(37(31)32(18)38)21-6-12-24(35)13-7-21/h2-17H,1H3. The van der Waals surface area contributed by atoms with Gasteiger partial charge in [0.05, 0.1) is 11.2 Å². The molecule has 2 aromatic heterocycles. The van der Waals surface area contributed by atoms with Crippen molar-refractivity contribution in [1.82, 2.24) is 4.40 Å². The molecule has 0 unspecified atom stereocenters. The summed E-state index contributed by atoms with van der Waals surface area (Å²) in [5.74, 6) is 0. The predicted octanol–water partition coefficient (Wildman–Crippen LogP) is 10.4. The Kier molecular flexibility index (Phi) is 6.45. The fourth-order valence-electron chi connectivity index (χ4n) is 5.03. The predicted molar refractivity (Wildman–Crippen MR) is 162 cm³/mol. The SMILES string of the molecule is Cc1cc(-c2ccc(Cl)cc2)c2c3ccc(Cl)cc3c(-c3ccc(Cl)cc3)c(-c3ccc(Cl)cc3)n2c1=O. The maximum absolute atomic E-state index is 14.0. The van der Waals surface area contributed by atoms with E-state index in [1.54, 1.807) is 0 Å². The molecule has 2 nitrogen and oxygen atoms in total. The summed E-state index contributed by atoms with van der Waals surface area (Å²) in [5, 5.41) is 4.30. The number of nitrogens with zero attached hydrogens (tertiary/aromatic N) is 1. The van der Waals surface area contributed by atoms with Gasteiger partial charge in [0, 0.05) is 42.2 Å². The van der Waals surface area contributed by atoms with Gasteiger partial charge in [0.15, 0.2) is 0 Å². The van der Waals surface area contributed by atoms with Crippen LogP contribution in [-0.2, 0) is 0 Å². The number of fused-ring (bicyclic) bond motifs is 3. The van der Waals surface area contributed by atoms with Crippen LogP contribution >= 0.6 is 46.4 Å². The molecule has 0 atom stereocenters. The maximum Gasteiger partial charge on any atom is 0.258 e. The van der Waals surface area contributed by atoms with Gasteiger partial charge in [-0.1, -0.05) is 88.9 Å². The van der Waals surface area contributed by atoms with Crippen LogP contribution in [0.15, 0.2) is 102 Å². The molecule has 0 aliphatic rings. The summed E-state index contributed by atoms with van der Waals surface area (Å²) in [4.78, 5) is 14.0. The van der Waals surface area contributed by atoms with Crippen molar-refractivity contribution in [1.29, 1.82) is 0 Å². The first kappa shape index (κ1) is 25.0. The van der Waals surface area contributed by atoms with Crippen molar-refractivity contribution in [2.24, 2.45) is 0 Å². The van der Waals surface area contributed by atoms with Crippen LogP contribution in [0.5, 0.6) is 0 Å². The van der Waals surface area contributed by atoms with E-state index >= 15 is 0 Å².